The Bertz CT molecular complexity index is 699. The van der Waals surface area contributed by atoms with Crippen LogP contribution in [0.1, 0.15) is 29.8 Å². The van der Waals surface area contributed by atoms with Crippen LogP contribution in [0.5, 0.6) is 5.75 Å². The smallest absolute Gasteiger partial charge is 0.214 e. The van der Waals surface area contributed by atoms with E-state index in [-0.39, 0.29) is 24.0 Å². The molecule has 1 aromatic carbocycles. The predicted octanol–water partition coefficient (Wildman–Crippen LogP) is 3.19. The standard InChI is InChI=1S/C19H28N4O3.HI/c1-5-20-19(22-13-18-23-14(2)15(3)26-18)21-12-16-7-6-8-17(11-16)25-10-9-24-4;/h6-8,11H,5,9-10,12-13H2,1-4H3,(H2,20,21,22);1H. The number of halogens is 1. The predicted molar refractivity (Wildman–Crippen MR) is 117 cm³/mol. The fourth-order valence-corrected chi connectivity index (χ4v) is 2.26. The molecule has 0 bridgehead atoms. The van der Waals surface area contributed by atoms with Crippen molar-refractivity contribution in [1.29, 1.82) is 0 Å². The van der Waals surface area contributed by atoms with E-state index in [1.165, 1.54) is 0 Å². The van der Waals surface area contributed by atoms with Crippen LogP contribution in [0.15, 0.2) is 33.7 Å². The molecule has 0 amide bonds. The number of hydrogen-bond acceptors (Lipinski definition) is 5. The fraction of sp³-hybridized carbons (Fsp3) is 0.474. The van der Waals surface area contributed by atoms with Crippen LogP contribution in [0, 0.1) is 13.8 Å². The van der Waals surface area contributed by atoms with Crippen LogP contribution >= 0.6 is 24.0 Å². The second-order valence-corrected chi connectivity index (χ2v) is 5.79. The zero-order chi connectivity index (χ0) is 18.8. The molecule has 1 heterocycles. The lowest BCUT2D eigenvalue weighted by atomic mass is 10.2. The van der Waals surface area contributed by atoms with Crippen LogP contribution in [-0.2, 0) is 17.8 Å². The van der Waals surface area contributed by atoms with Gasteiger partial charge in [0.2, 0.25) is 5.89 Å². The van der Waals surface area contributed by atoms with Gasteiger partial charge in [-0.1, -0.05) is 12.1 Å². The number of hydrogen-bond donors (Lipinski definition) is 2. The van der Waals surface area contributed by atoms with Crippen LogP contribution in [0.25, 0.3) is 0 Å². The summed E-state index contributed by atoms with van der Waals surface area (Å²) in [5.74, 6) is 3.03. The highest BCUT2D eigenvalue weighted by molar-refractivity contribution is 14.0. The Balaban J connectivity index is 0.00000364. The van der Waals surface area contributed by atoms with Gasteiger partial charge < -0.3 is 24.5 Å². The molecule has 2 N–H and O–H groups in total. The minimum Gasteiger partial charge on any atom is -0.491 e. The minimum atomic E-state index is 0. The lowest BCUT2D eigenvalue weighted by Crippen LogP contribution is -2.36. The second-order valence-electron chi connectivity index (χ2n) is 5.79. The molecule has 0 atom stereocenters. The van der Waals surface area contributed by atoms with Crippen LogP contribution in [0.2, 0.25) is 0 Å². The molecule has 0 saturated carbocycles. The van der Waals surface area contributed by atoms with Gasteiger partial charge in [-0.2, -0.15) is 0 Å². The largest absolute Gasteiger partial charge is 0.491 e. The summed E-state index contributed by atoms with van der Waals surface area (Å²) in [5, 5.41) is 6.46. The Morgan fingerprint density at radius 3 is 2.70 bits per heavy atom. The van der Waals surface area contributed by atoms with Gasteiger partial charge in [0, 0.05) is 13.7 Å². The number of aromatic nitrogens is 1. The maximum Gasteiger partial charge on any atom is 0.214 e. The van der Waals surface area contributed by atoms with Crippen molar-refractivity contribution in [3.8, 4) is 5.75 Å². The van der Waals surface area contributed by atoms with Crippen LogP contribution < -0.4 is 15.4 Å². The van der Waals surface area contributed by atoms with Gasteiger partial charge in [0.15, 0.2) is 5.96 Å². The minimum absolute atomic E-state index is 0. The highest BCUT2D eigenvalue weighted by atomic mass is 127. The van der Waals surface area contributed by atoms with Gasteiger partial charge in [0.25, 0.3) is 0 Å². The van der Waals surface area contributed by atoms with E-state index in [2.05, 4.69) is 20.6 Å². The summed E-state index contributed by atoms with van der Waals surface area (Å²) in [6, 6.07) is 7.91. The number of guanidine groups is 1. The van der Waals surface area contributed by atoms with E-state index < -0.39 is 0 Å². The maximum atomic E-state index is 5.63. The molecule has 2 aromatic rings. The summed E-state index contributed by atoms with van der Waals surface area (Å²) < 4.78 is 16.2. The third kappa shape index (κ3) is 8.17. The van der Waals surface area contributed by atoms with Gasteiger partial charge in [-0.15, -0.1) is 24.0 Å². The number of oxazole rings is 1. The third-order valence-electron chi connectivity index (χ3n) is 3.70. The Hall–Kier alpha value is -1.81. The number of nitrogens with one attached hydrogen (secondary N) is 2. The number of rotatable bonds is 9. The summed E-state index contributed by atoms with van der Waals surface area (Å²) in [5.41, 5.74) is 1.98. The number of methoxy groups -OCH3 is 1. The Morgan fingerprint density at radius 1 is 1.22 bits per heavy atom. The Kier molecular flexibility index (Phi) is 10.8. The fourth-order valence-electron chi connectivity index (χ4n) is 2.26. The van der Waals surface area contributed by atoms with Crippen molar-refractivity contribution in [2.75, 3.05) is 26.9 Å². The van der Waals surface area contributed by atoms with E-state index in [9.17, 15) is 0 Å². The molecule has 27 heavy (non-hydrogen) atoms. The molecule has 0 saturated heterocycles. The second kappa shape index (κ2) is 12.6. The monoisotopic (exact) mass is 488 g/mol. The molecule has 0 aliphatic rings. The van der Waals surface area contributed by atoms with E-state index in [1.54, 1.807) is 7.11 Å². The third-order valence-corrected chi connectivity index (χ3v) is 3.70. The molecule has 0 spiro atoms. The van der Waals surface area contributed by atoms with Crippen LogP contribution in [-0.4, -0.2) is 37.8 Å². The first kappa shape index (κ1) is 23.2. The molecule has 150 valence electrons. The van der Waals surface area contributed by atoms with Gasteiger partial charge in [-0.25, -0.2) is 9.98 Å². The molecular weight excluding hydrogens is 459 g/mol. The van der Waals surface area contributed by atoms with Gasteiger partial charge in [-0.05, 0) is 38.5 Å². The van der Waals surface area contributed by atoms with Crippen molar-refractivity contribution < 1.29 is 13.9 Å². The molecule has 0 aliphatic carbocycles. The average Bonchev–Trinajstić information content (AvgIpc) is 2.96. The van der Waals surface area contributed by atoms with Crippen molar-refractivity contribution in [2.24, 2.45) is 4.99 Å². The van der Waals surface area contributed by atoms with Crippen molar-refractivity contribution in [3.05, 3.63) is 47.2 Å². The van der Waals surface area contributed by atoms with Gasteiger partial charge in [0.1, 0.15) is 18.1 Å². The molecule has 0 radical (unpaired) electrons. The maximum absolute atomic E-state index is 5.63. The zero-order valence-corrected chi connectivity index (χ0v) is 18.7. The number of aliphatic imine (C=N–C) groups is 1. The van der Waals surface area contributed by atoms with E-state index in [4.69, 9.17) is 13.9 Å². The van der Waals surface area contributed by atoms with Crippen LogP contribution in [0.3, 0.4) is 0 Å². The first-order valence-electron chi connectivity index (χ1n) is 8.78. The molecule has 8 heteroatoms. The highest BCUT2D eigenvalue weighted by Crippen LogP contribution is 2.14. The molecule has 0 fully saturated rings. The lowest BCUT2D eigenvalue weighted by Gasteiger charge is -2.10. The quantitative estimate of drug-likeness (QED) is 0.244. The molecule has 0 unspecified atom stereocenters. The summed E-state index contributed by atoms with van der Waals surface area (Å²) in [6.07, 6.45) is 0. The Labute approximate surface area is 178 Å². The topological polar surface area (TPSA) is 80.9 Å². The number of nitrogens with zero attached hydrogens (tertiary/aromatic N) is 2. The zero-order valence-electron chi connectivity index (χ0n) is 16.4. The van der Waals surface area contributed by atoms with E-state index in [1.807, 2.05) is 45.0 Å². The van der Waals surface area contributed by atoms with E-state index in [0.717, 1.165) is 29.3 Å². The highest BCUT2D eigenvalue weighted by Gasteiger charge is 2.06. The van der Waals surface area contributed by atoms with Gasteiger partial charge in [0.05, 0.1) is 25.4 Å². The van der Waals surface area contributed by atoms with Crippen LogP contribution in [0.4, 0.5) is 0 Å². The molecule has 0 aliphatic heterocycles. The summed E-state index contributed by atoms with van der Waals surface area (Å²) >= 11 is 0. The normalized spacial score (nSPS) is 11.0. The SMILES string of the molecule is CCNC(=NCc1cccc(OCCOC)c1)NCc1nc(C)c(C)o1.I. The van der Waals surface area contributed by atoms with Crippen molar-refractivity contribution >= 4 is 29.9 Å². The first-order chi connectivity index (χ1) is 12.6. The summed E-state index contributed by atoms with van der Waals surface area (Å²) in [7, 11) is 1.66. The number of benzene rings is 1. The molecule has 1 aromatic heterocycles. The van der Waals surface area contributed by atoms with Gasteiger partial charge in [-0.3, -0.25) is 0 Å². The average molecular weight is 488 g/mol. The number of ether oxygens (including phenoxy) is 2. The molecule has 2 rings (SSSR count). The van der Waals surface area contributed by atoms with E-state index in [0.29, 0.717) is 38.2 Å². The molecular formula is C19H29IN4O3. The summed E-state index contributed by atoms with van der Waals surface area (Å²) in [6.45, 7) is 8.77. The van der Waals surface area contributed by atoms with E-state index >= 15 is 0 Å². The number of aryl methyl sites for hydroxylation is 2. The lowest BCUT2D eigenvalue weighted by molar-refractivity contribution is 0.146. The van der Waals surface area contributed by atoms with Crippen molar-refractivity contribution in [2.45, 2.75) is 33.9 Å². The molecule has 7 nitrogen and oxygen atoms in total. The Morgan fingerprint density at radius 2 is 2.04 bits per heavy atom. The summed E-state index contributed by atoms with van der Waals surface area (Å²) in [4.78, 5) is 8.98. The van der Waals surface area contributed by atoms with Crippen molar-refractivity contribution in [1.82, 2.24) is 15.6 Å². The first-order valence-corrected chi connectivity index (χ1v) is 8.78. The van der Waals surface area contributed by atoms with Crippen molar-refractivity contribution in [3.63, 3.8) is 0 Å². The van der Waals surface area contributed by atoms with Gasteiger partial charge >= 0.3 is 0 Å².